The van der Waals surface area contributed by atoms with E-state index < -0.39 is 5.91 Å². The van der Waals surface area contributed by atoms with Gasteiger partial charge in [-0.3, -0.25) is 4.79 Å². The van der Waals surface area contributed by atoms with E-state index in [4.69, 9.17) is 5.73 Å². The van der Waals surface area contributed by atoms with Gasteiger partial charge >= 0.3 is 0 Å². The van der Waals surface area contributed by atoms with E-state index in [1.807, 2.05) is 13.0 Å². The molecule has 2 N–H and O–H groups in total. The summed E-state index contributed by atoms with van der Waals surface area (Å²) in [7, 11) is 0. The highest BCUT2D eigenvalue weighted by atomic mass is 32.1. The number of carbonyl (C=O) groups is 1. The molecule has 1 saturated heterocycles. The highest BCUT2D eigenvalue weighted by molar-refractivity contribution is 7.13. The number of aromatic nitrogens is 3. The fraction of sp³-hybridized carbons (Fsp3) is 0.385. The van der Waals surface area contributed by atoms with Gasteiger partial charge in [-0.2, -0.15) is 0 Å². The van der Waals surface area contributed by atoms with Crippen LogP contribution in [0.1, 0.15) is 39.4 Å². The van der Waals surface area contributed by atoms with Crippen LogP contribution >= 0.6 is 11.3 Å². The number of nitrogens with two attached hydrogens (primary N) is 1. The molecular formula is C13H15N5OS. The molecule has 0 saturated carbocycles. The molecule has 0 radical (unpaired) electrons. The Morgan fingerprint density at radius 3 is 3.05 bits per heavy atom. The van der Waals surface area contributed by atoms with Crippen molar-refractivity contribution in [1.29, 1.82) is 0 Å². The van der Waals surface area contributed by atoms with E-state index >= 15 is 0 Å². The van der Waals surface area contributed by atoms with Gasteiger partial charge in [0.2, 0.25) is 0 Å². The lowest BCUT2D eigenvalue weighted by Crippen LogP contribution is -2.23. The van der Waals surface area contributed by atoms with Gasteiger partial charge in [0.1, 0.15) is 21.5 Å². The molecule has 3 rings (SSSR count). The molecule has 1 unspecified atom stereocenters. The van der Waals surface area contributed by atoms with Crippen LogP contribution in [0.4, 0.5) is 5.82 Å². The van der Waals surface area contributed by atoms with Crippen molar-refractivity contribution in [2.24, 2.45) is 5.73 Å². The van der Waals surface area contributed by atoms with Gasteiger partial charge in [0.25, 0.3) is 5.91 Å². The molecular weight excluding hydrogens is 274 g/mol. The fourth-order valence-electron chi connectivity index (χ4n) is 2.46. The second-order valence-corrected chi connectivity index (χ2v) is 5.80. The lowest BCUT2D eigenvalue weighted by Gasteiger charge is -2.24. The molecule has 1 aliphatic heterocycles. The Hall–Kier alpha value is -2.02. The van der Waals surface area contributed by atoms with Crippen molar-refractivity contribution in [3.05, 3.63) is 34.2 Å². The van der Waals surface area contributed by atoms with Crippen LogP contribution in [0.2, 0.25) is 0 Å². The van der Waals surface area contributed by atoms with E-state index in [1.54, 1.807) is 12.4 Å². The Kier molecular flexibility index (Phi) is 3.35. The Bertz CT molecular complexity index is 641. The number of thiazole rings is 1. The minimum absolute atomic E-state index is 0.169. The third kappa shape index (κ3) is 2.36. The number of aryl methyl sites for hydroxylation is 1. The highest BCUT2D eigenvalue weighted by Gasteiger charge is 2.29. The lowest BCUT2D eigenvalue weighted by molar-refractivity contribution is 0.100. The minimum Gasteiger partial charge on any atom is -0.365 e. The van der Waals surface area contributed by atoms with Crippen LogP contribution in [0.25, 0.3) is 0 Å². The van der Waals surface area contributed by atoms with Crippen LogP contribution in [-0.4, -0.2) is 27.4 Å². The number of anilines is 1. The number of carbonyl (C=O) groups excluding carboxylic acids is 1. The largest absolute Gasteiger partial charge is 0.365 e. The maximum Gasteiger partial charge on any atom is 0.260 e. The SMILES string of the molecule is Cc1nccc(N2CCCC2c2ncc(C(N)=O)s2)n1. The van der Waals surface area contributed by atoms with Crippen molar-refractivity contribution in [3.63, 3.8) is 0 Å². The van der Waals surface area contributed by atoms with E-state index in [9.17, 15) is 4.79 Å². The van der Waals surface area contributed by atoms with Gasteiger partial charge < -0.3 is 10.6 Å². The molecule has 1 fully saturated rings. The van der Waals surface area contributed by atoms with Crippen LogP contribution < -0.4 is 10.6 Å². The third-order valence-corrected chi connectivity index (χ3v) is 4.47. The number of primary amides is 1. The highest BCUT2D eigenvalue weighted by Crippen LogP contribution is 2.36. The van der Waals surface area contributed by atoms with Crippen molar-refractivity contribution >= 4 is 23.1 Å². The molecule has 104 valence electrons. The topological polar surface area (TPSA) is 85.0 Å². The second-order valence-electron chi connectivity index (χ2n) is 4.74. The van der Waals surface area contributed by atoms with E-state index in [1.165, 1.54) is 11.3 Å². The zero-order chi connectivity index (χ0) is 14.1. The molecule has 1 amide bonds. The molecule has 0 bridgehead atoms. The number of amides is 1. The van der Waals surface area contributed by atoms with E-state index in [0.29, 0.717) is 4.88 Å². The summed E-state index contributed by atoms with van der Waals surface area (Å²) >= 11 is 1.37. The van der Waals surface area contributed by atoms with Gasteiger partial charge in [0.05, 0.1) is 12.2 Å². The normalized spacial score (nSPS) is 18.4. The number of hydrogen-bond acceptors (Lipinski definition) is 6. The standard InChI is InChI=1S/C13H15N5OS/c1-8-15-5-4-11(17-8)18-6-2-3-9(18)13-16-7-10(20-13)12(14)19/h4-5,7,9H,2-3,6H2,1H3,(H2,14,19). The van der Waals surface area contributed by atoms with Crippen LogP contribution in [0.5, 0.6) is 0 Å². The summed E-state index contributed by atoms with van der Waals surface area (Å²) < 4.78 is 0. The third-order valence-electron chi connectivity index (χ3n) is 3.36. The summed E-state index contributed by atoms with van der Waals surface area (Å²) in [6.07, 6.45) is 5.42. The summed E-state index contributed by atoms with van der Waals surface area (Å²) in [5, 5.41) is 0.924. The summed E-state index contributed by atoms with van der Waals surface area (Å²) in [6.45, 7) is 2.82. The maximum absolute atomic E-state index is 11.2. The molecule has 0 aromatic carbocycles. The zero-order valence-corrected chi connectivity index (χ0v) is 11.9. The summed E-state index contributed by atoms with van der Waals surface area (Å²) in [6, 6.07) is 2.08. The maximum atomic E-state index is 11.2. The molecule has 0 spiro atoms. The van der Waals surface area contributed by atoms with Gasteiger partial charge in [0.15, 0.2) is 0 Å². The summed E-state index contributed by atoms with van der Waals surface area (Å²) in [5.74, 6) is 1.25. The number of nitrogens with zero attached hydrogens (tertiary/aromatic N) is 4. The van der Waals surface area contributed by atoms with Gasteiger partial charge in [-0.1, -0.05) is 0 Å². The average molecular weight is 289 g/mol. The zero-order valence-electron chi connectivity index (χ0n) is 11.1. The number of rotatable bonds is 3. The second kappa shape index (κ2) is 5.16. The van der Waals surface area contributed by atoms with E-state index in [-0.39, 0.29) is 6.04 Å². The quantitative estimate of drug-likeness (QED) is 0.929. The minimum atomic E-state index is -0.420. The monoisotopic (exact) mass is 289 g/mol. The van der Waals surface area contributed by atoms with Gasteiger partial charge in [-0.25, -0.2) is 15.0 Å². The molecule has 3 heterocycles. The predicted octanol–water partition coefficient (Wildman–Crippen LogP) is 1.68. The molecule has 7 heteroatoms. The first-order valence-corrected chi connectivity index (χ1v) is 7.28. The summed E-state index contributed by atoms with van der Waals surface area (Å²) in [4.78, 5) is 26.9. The van der Waals surface area contributed by atoms with Gasteiger partial charge in [0, 0.05) is 12.7 Å². The fourth-order valence-corrected chi connectivity index (χ4v) is 3.37. The molecule has 20 heavy (non-hydrogen) atoms. The number of hydrogen-bond donors (Lipinski definition) is 1. The van der Waals surface area contributed by atoms with Crippen LogP contribution in [0.3, 0.4) is 0 Å². The molecule has 6 nitrogen and oxygen atoms in total. The van der Waals surface area contributed by atoms with Gasteiger partial charge in [-0.15, -0.1) is 11.3 Å². The Morgan fingerprint density at radius 1 is 1.50 bits per heavy atom. The van der Waals surface area contributed by atoms with E-state index in [2.05, 4.69) is 19.9 Å². The van der Waals surface area contributed by atoms with Crippen LogP contribution in [-0.2, 0) is 0 Å². The van der Waals surface area contributed by atoms with Crippen molar-refractivity contribution in [1.82, 2.24) is 15.0 Å². The predicted molar refractivity (Wildman–Crippen MR) is 76.7 cm³/mol. The lowest BCUT2D eigenvalue weighted by atomic mass is 10.2. The van der Waals surface area contributed by atoms with Crippen molar-refractivity contribution in [3.8, 4) is 0 Å². The first-order valence-electron chi connectivity index (χ1n) is 6.47. The molecule has 2 aromatic heterocycles. The van der Waals surface area contributed by atoms with Crippen molar-refractivity contribution < 1.29 is 4.79 Å². The van der Waals surface area contributed by atoms with Crippen molar-refractivity contribution in [2.45, 2.75) is 25.8 Å². The van der Waals surface area contributed by atoms with Crippen LogP contribution in [0, 0.1) is 6.92 Å². The smallest absolute Gasteiger partial charge is 0.260 e. The molecule has 2 aromatic rings. The van der Waals surface area contributed by atoms with Gasteiger partial charge in [-0.05, 0) is 25.8 Å². The molecule has 0 aliphatic carbocycles. The molecule has 1 aliphatic rings. The first kappa shape index (κ1) is 13.0. The van der Waals surface area contributed by atoms with Crippen LogP contribution in [0.15, 0.2) is 18.5 Å². The average Bonchev–Trinajstić information content (AvgIpc) is 3.07. The van der Waals surface area contributed by atoms with Crippen molar-refractivity contribution in [2.75, 3.05) is 11.4 Å². The summed E-state index contributed by atoms with van der Waals surface area (Å²) in [5.41, 5.74) is 5.29. The first-order chi connectivity index (χ1) is 9.65. The molecule has 1 atom stereocenters. The van der Waals surface area contributed by atoms with E-state index in [0.717, 1.165) is 36.0 Å². The Balaban J connectivity index is 1.90. The Labute approximate surface area is 120 Å². The Morgan fingerprint density at radius 2 is 2.35 bits per heavy atom.